The highest BCUT2D eigenvalue weighted by Crippen LogP contribution is 2.29. The van der Waals surface area contributed by atoms with Crippen molar-refractivity contribution in [2.75, 3.05) is 5.32 Å². The number of anilines is 1. The summed E-state index contributed by atoms with van der Waals surface area (Å²) in [6, 6.07) is 9.42. The Labute approximate surface area is 126 Å². The zero-order valence-electron chi connectivity index (χ0n) is 10.1. The molecule has 100 valence electrons. The van der Waals surface area contributed by atoms with Crippen LogP contribution in [-0.2, 0) is 0 Å². The van der Waals surface area contributed by atoms with Gasteiger partial charge in [-0.25, -0.2) is 4.39 Å². The van der Waals surface area contributed by atoms with Crippen LogP contribution in [0.15, 0.2) is 36.4 Å². The minimum Gasteiger partial charge on any atom is -0.378 e. The third-order valence-electron chi connectivity index (χ3n) is 2.67. The molecule has 0 aliphatic carbocycles. The normalized spacial score (nSPS) is 12.3. The Kier molecular flexibility index (Phi) is 4.56. The van der Waals surface area contributed by atoms with Gasteiger partial charge in [0.2, 0.25) is 0 Å². The molecule has 1 unspecified atom stereocenters. The molecule has 19 heavy (non-hydrogen) atoms. The van der Waals surface area contributed by atoms with Gasteiger partial charge in [-0.1, -0.05) is 40.9 Å². The van der Waals surface area contributed by atoms with Crippen LogP contribution in [0.3, 0.4) is 0 Å². The highest BCUT2D eigenvalue weighted by molar-refractivity contribution is 6.35. The Balaban J connectivity index is 2.22. The Morgan fingerprint density at radius 3 is 2.21 bits per heavy atom. The van der Waals surface area contributed by atoms with E-state index in [4.69, 9.17) is 34.8 Å². The van der Waals surface area contributed by atoms with Crippen molar-refractivity contribution in [1.82, 2.24) is 0 Å². The van der Waals surface area contributed by atoms with Crippen molar-refractivity contribution in [3.8, 4) is 0 Å². The van der Waals surface area contributed by atoms with E-state index in [1.54, 1.807) is 24.3 Å². The van der Waals surface area contributed by atoms with Gasteiger partial charge in [-0.05, 0) is 42.8 Å². The molecule has 0 heterocycles. The van der Waals surface area contributed by atoms with E-state index in [1.807, 2.05) is 6.92 Å². The maximum absolute atomic E-state index is 13.0. The molecule has 0 saturated heterocycles. The van der Waals surface area contributed by atoms with Gasteiger partial charge in [0.1, 0.15) is 5.82 Å². The average molecular weight is 319 g/mol. The number of benzene rings is 2. The summed E-state index contributed by atoms with van der Waals surface area (Å²) in [6.45, 7) is 1.92. The lowest BCUT2D eigenvalue weighted by Gasteiger charge is -2.17. The van der Waals surface area contributed by atoms with E-state index in [1.165, 1.54) is 12.1 Å². The quantitative estimate of drug-likeness (QED) is 0.736. The first-order valence-electron chi connectivity index (χ1n) is 5.63. The van der Waals surface area contributed by atoms with E-state index < -0.39 is 0 Å². The van der Waals surface area contributed by atoms with Crippen molar-refractivity contribution < 1.29 is 4.39 Å². The minimum atomic E-state index is -0.355. The van der Waals surface area contributed by atoms with Crippen LogP contribution in [0.25, 0.3) is 0 Å². The van der Waals surface area contributed by atoms with Crippen molar-refractivity contribution in [2.45, 2.75) is 13.0 Å². The Morgan fingerprint density at radius 2 is 1.63 bits per heavy atom. The molecule has 2 aromatic rings. The molecule has 0 aromatic heterocycles. The van der Waals surface area contributed by atoms with Crippen molar-refractivity contribution in [3.63, 3.8) is 0 Å². The average Bonchev–Trinajstić information content (AvgIpc) is 2.26. The van der Waals surface area contributed by atoms with Gasteiger partial charge < -0.3 is 5.32 Å². The fourth-order valence-electron chi connectivity index (χ4n) is 1.82. The number of halogens is 4. The Morgan fingerprint density at radius 1 is 1.00 bits per heavy atom. The van der Waals surface area contributed by atoms with Crippen molar-refractivity contribution in [1.29, 1.82) is 0 Å². The summed E-state index contributed by atoms with van der Waals surface area (Å²) in [5.41, 5.74) is 1.59. The summed E-state index contributed by atoms with van der Waals surface area (Å²) in [5, 5.41) is 4.70. The van der Waals surface area contributed by atoms with E-state index in [9.17, 15) is 4.39 Å². The van der Waals surface area contributed by atoms with Crippen LogP contribution in [-0.4, -0.2) is 0 Å². The number of hydrogen-bond donors (Lipinski definition) is 1. The number of nitrogens with one attached hydrogen (secondary N) is 1. The zero-order chi connectivity index (χ0) is 14.0. The first-order chi connectivity index (χ1) is 8.95. The second kappa shape index (κ2) is 6.00. The van der Waals surface area contributed by atoms with E-state index in [-0.39, 0.29) is 11.9 Å². The van der Waals surface area contributed by atoms with Gasteiger partial charge in [0.15, 0.2) is 0 Å². The molecular formula is C14H11Cl3FN. The van der Waals surface area contributed by atoms with E-state index in [2.05, 4.69) is 5.32 Å². The molecule has 5 heteroatoms. The van der Waals surface area contributed by atoms with Gasteiger partial charge in [0, 0.05) is 26.8 Å². The maximum Gasteiger partial charge on any atom is 0.124 e. The second-order valence-electron chi connectivity index (χ2n) is 4.19. The fourth-order valence-corrected chi connectivity index (χ4v) is 2.67. The van der Waals surface area contributed by atoms with Gasteiger partial charge >= 0.3 is 0 Å². The molecular weight excluding hydrogens is 308 g/mol. The van der Waals surface area contributed by atoms with Crippen LogP contribution in [0.2, 0.25) is 15.1 Å². The monoisotopic (exact) mass is 317 g/mol. The highest BCUT2D eigenvalue weighted by atomic mass is 35.5. The molecule has 0 saturated carbocycles. The molecule has 0 radical (unpaired) electrons. The van der Waals surface area contributed by atoms with Gasteiger partial charge in [-0.15, -0.1) is 0 Å². The van der Waals surface area contributed by atoms with Gasteiger partial charge in [-0.3, -0.25) is 0 Å². The fraction of sp³-hybridized carbons (Fsp3) is 0.143. The van der Waals surface area contributed by atoms with E-state index in [0.717, 1.165) is 11.3 Å². The Bertz CT molecular complexity index is 581. The standard InChI is InChI=1S/C14H11Cl3FN/c1-8(13-3-2-11(18)7-14(13)17)19-12-5-9(15)4-10(16)6-12/h2-8,19H,1H3. The molecule has 0 aliphatic heterocycles. The predicted octanol–water partition coefficient (Wildman–Crippen LogP) is 5.96. The SMILES string of the molecule is CC(Nc1cc(Cl)cc(Cl)c1)c1ccc(F)cc1Cl. The molecule has 1 nitrogen and oxygen atoms in total. The molecule has 2 rings (SSSR count). The summed E-state index contributed by atoms with van der Waals surface area (Å²) >= 11 is 17.9. The third kappa shape index (κ3) is 3.75. The predicted molar refractivity (Wildman–Crippen MR) is 79.9 cm³/mol. The molecule has 0 aliphatic rings. The smallest absolute Gasteiger partial charge is 0.124 e. The van der Waals surface area contributed by atoms with Crippen molar-refractivity contribution in [3.05, 3.63) is 62.8 Å². The minimum absolute atomic E-state index is 0.0948. The largest absolute Gasteiger partial charge is 0.378 e. The van der Waals surface area contributed by atoms with Gasteiger partial charge in [-0.2, -0.15) is 0 Å². The Hall–Kier alpha value is -0.960. The lowest BCUT2D eigenvalue weighted by molar-refractivity contribution is 0.626. The summed E-state index contributed by atoms with van der Waals surface area (Å²) in [5.74, 6) is -0.355. The summed E-state index contributed by atoms with van der Waals surface area (Å²) < 4.78 is 13.0. The number of rotatable bonds is 3. The molecule has 0 fully saturated rings. The second-order valence-corrected chi connectivity index (χ2v) is 5.47. The van der Waals surface area contributed by atoms with E-state index >= 15 is 0 Å². The first-order valence-corrected chi connectivity index (χ1v) is 6.76. The van der Waals surface area contributed by atoms with Gasteiger partial charge in [0.25, 0.3) is 0 Å². The molecule has 1 N–H and O–H groups in total. The topological polar surface area (TPSA) is 12.0 Å². The zero-order valence-corrected chi connectivity index (χ0v) is 12.3. The van der Waals surface area contributed by atoms with Crippen LogP contribution < -0.4 is 5.32 Å². The van der Waals surface area contributed by atoms with Crippen molar-refractivity contribution in [2.24, 2.45) is 0 Å². The molecule has 0 amide bonds. The van der Waals surface area contributed by atoms with Crippen LogP contribution in [0.1, 0.15) is 18.5 Å². The van der Waals surface area contributed by atoms with Crippen LogP contribution in [0, 0.1) is 5.82 Å². The summed E-state index contributed by atoms with van der Waals surface area (Å²) in [6.07, 6.45) is 0. The third-order valence-corrected chi connectivity index (χ3v) is 3.44. The van der Waals surface area contributed by atoms with Crippen LogP contribution in [0.5, 0.6) is 0 Å². The molecule has 0 spiro atoms. The van der Waals surface area contributed by atoms with Gasteiger partial charge in [0.05, 0.1) is 0 Å². The van der Waals surface area contributed by atoms with E-state index in [0.29, 0.717) is 15.1 Å². The molecule has 0 bridgehead atoms. The van der Waals surface area contributed by atoms with Crippen molar-refractivity contribution >= 4 is 40.5 Å². The molecule has 1 atom stereocenters. The first kappa shape index (κ1) is 14.4. The van der Waals surface area contributed by atoms with Crippen LogP contribution in [0.4, 0.5) is 10.1 Å². The summed E-state index contributed by atoms with van der Waals surface area (Å²) in [4.78, 5) is 0. The molecule has 2 aromatic carbocycles. The summed E-state index contributed by atoms with van der Waals surface area (Å²) in [7, 11) is 0. The highest BCUT2D eigenvalue weighted by Gasteiger charge is 2.11. The number of hydrogen-bond acceptors (Lipinski definition) is 1. The lowest BCUT2D eigenvalue weighted by atomic mass is 10.1. The van der Waals surface area contributed by atoms with Crippen LogP contribution >= 0.6 is 34.8 Å². The lowest BCUT2D eigenvalue weighted by Crippen LogP contribution is -2.07. The maximum atomic E-state index is 13.0.